The minimum Gasteiger partial charge on any atom is -0.354 e. The topological polar surface area (TPSA) is 75.4 Å². The Balaban J connectivity index is 1.53. The summed E-state index contributed by atoms with van der Waals surface area (Å²) < 4.78 is 1.86. The van der Waals surface area contributed by atoms with Crippen LogP contribution in [-0.2, 0) is 0 Å². The van der Waals surface area contributed by atoms with Crippen molar-refractivity contribution in [2.24, 2.45) is 0 Å². The molecule has 4 rings (SSSR count). The normalized spacial score (nSPS) is 17.6. The smallest absolute Gasteiger partial charge is 0.253 e. The minimum atomic E-state index is -0.0740. The van der Waals surface area contributed by atoms with Crippen LogP contribution >= 0.6 is 0 Å². The summed E-state index contributed by atoms with van der Waals surface area (Å²) in [5.41, 5.74) is 2.40. The van der Waals surface area contributed by atoms with E-state index in [0.29, 0.717) is 5.56 Å². The van der Waals surface area contributed by atoms with Gasteiger partial charge in [-0.1, -0.05) is 0 Å². The number of piperidine rings is 1. The van der Waals surface area contributed by atoms with Gasteiger partial charge in [0, 0.05) is 49.4 Å². The standard InChI is InChI=1S/C18H20N6O/c1-13-10-17(24-16(21-13)6-8-20-24)23-9-3-5-15(12-23)22-18(25)14-4-2-7-19-11-14/h2,4,6-8,10-11,15H,3,5,9,12H2,1H3,(H,22,25). The van der Waals surface area contributed by atoms with Gasteiger partial charge in [0.25, 0.3) is 5.91 Å². The Bertz CT molecular complexity index is 891. The second kappa shape index (κ2) is 6.51. The van der Waals surface area contributed by atoms with Crippen molar-refractivity contribution < 1.29 is 4.79 Å². The predicted molar refractivity (Wildman–Crippen MR) is 94.7 cm³/mol. The van der Waals surface area contributed by atoms with Gasteiger partial charge in [-0.25, -0.2) is 4.98 Å². The highest BCUT2D eigenvalue weighted by atomic mass is 16.1. The molecule has 7 heteroatoms. The molecular formula is C18H20N6O. The first-order chi connectivity index (χ1) is 12.2. The Hall–Kier alpha value is -2.96. The third-order valence-corrected chi connectivity index (χ3v) is 4.47. The molecule has 1 saturated heterocycles. The number of nitrogens with one attached hydrogen (secondary N) is 1. The Morgan fingerprint density at radius 2 is 2.24 bits per heavy atom. The third kappa shape index (κ3) is 3.17. The Morgan fingerprint density at radius 3 is 3.08 bits per heavy atom. The molecule has 1 N–H and O–H groups in total. The quantitative estimate of drug-likeness (QED) is 0.790. The molecule has 0 aromatic carbocycles. The van der Waals surface area contributed by atoms with Crippen molar-refractivity contribution in [3.05, 3.63) is 54.1 Å². The molecule has 1 aliphatic heterocycles. The van der Waals surface area contributed by atoms with Crippen molar-refractivity contribution in [2.75, 3.05) is 18.0 Å². The molecule has 7 nitrogen and oxygen atoms in total. The van der Waals surface area contributed by atoms with Crippen LogP contribution in [0.2, 0.25) is 0 Å². The van der Waals surface area contributed by atoms with Crippen molar-refractivity contribution in [1.29, 1.82) is 0 Å². The van der Waals surface area contributed by atoms with Crippen LogP contribution in [-0.4, -0.2) is 44.6 Å². The number of aryl methyl sites for hydroxylation is 1. The molecular weight excluding hydrogens is 316 g/mol. The van der Waals surface area contributed by atoms with Crippen molar-refractivity contribution in [3.63, 3.8) is 0 Å². The van der Waals surface area contributed by atoms with E-state index in [1.807, 2.05) is 23.6 Å². The van der Waals surface area contributed by atoms with Crippen LogP contribution in [0.5, 0.6) is 0 Å². The highest BCUT2D eigenvalue weighted by molar-refractivity contribution is 5.94. The van der Waals surface area contributed by atoms with Gasteiger partial charge < -0.3 is 10.2 Å². The van der Waals surface area contributed by atoms with Crippen LogP contribution < -0.4 is 10.2 Å². The number of nitrogens with zero attached hydrogens (tertiary/aromatic N) is 5. The van der Waals surface area contributed by atoms with E-state index in [0.717, 1.165) is 43.1 Å². The van der Waals surface area contributed by atoms with Gasteiger partial charge in [0.05, 0.1) is 11.8 Å². The summed E-state index contributed by atoms with van der Waals surface area (Å²) >= 11 is 0. The lowest BCUT2D eigenvalue weighted by Crippen LogP contribution is -2.48. The molecule has 0 radical (unpaired) electrons. The fourth-order valence-electron chi connectivity index (χ4n) is 3.31. The van der Waals surface area contributed by atoms with Gasteiger partial charge in [-0.05, 0) is 31.9 Å². The first kappa shape index (κ1) is 15.6. The third-order valence-electron chi connectivity index (χ3n) is 4.47. The van der Waals surface area contributed by atoms with Gasteiger partial charge in [-0.15, -0.1) is 0 Å². The van der Waals surface area contributed by atoms with E-state index in [4.69, 9.17) is 0 Å². The molecule has 0 spiro atoms. The zero-order chi connectivity index (χ0) is 17.2. The van der Waals surface area contributed by atoms with Crippen LogP contribution in [0, 0.1) is 6.92 Å². The van der Waals surface area contributed by atoms with Gasteiger partial charge >= 0.3 is 0 Å². The summed E-state index contributed by atoms with van der Waals surface area (Å²) in [5.74, 6) is 0.947. The highest BCUT2D eigenvalue weighted by Gasteiger charge is 2.24. The predicted octanol–water partition coefficient (Wildman–Crippen LogP) is 1.83. The summed E-state index contributed by atoms with van der Waals surface area (Å²) in [6, 6.07) is 7.60. The molecule has 1 unspecified atom stereocenters. The summed E-state index contributed by atoms with van der Waals surface area (Å²) in [5, 5.41) is 7.51. The van der Waals surface area contributed by atoms with E-state index >= 15 is 0 Å². The van der Waals surface area contributed by atoms with Crippen LogP contribution in [0.1, 0.15) is 28.9 Å². The van der Waals surface area contributed by atoms with Gasteiger partial charge in [0.15, 0.2) is 5.65 Å². The maximum atomic E-state index is 12.4. The van der Waals surface area contributed by atoms with Gasteiger partial charge in [0.1, 0.15) is 5.82 Å². The first-order valence-corrected chi connectivity index (χ1v) is 8.48. The van der Waals surface area contributed by atoms with Crippen molar-refractivity contribution in [2.45, 2.75) is 25.8 Å². The van der Waals surface area contributed by atoms with Crippen LogP contribution in [0.4, 0.5) is 5.82 Å². The number of aromatic nitrogens is 4. The van der Waals surface area contributed by atoms with E-state index in [2.05, 4.69) is 25.3 Å². The molecule has 1 aliphatic rings. The van der Waals surface area contributed by atoms with E-state index in [-0.39, 0.29) is 11.9 Å². The molecule has 0 bridgehead atoms. The Kier molecular flexibility index (Phi) is 4.05. The maximum absolute atomic E-state index is 12.4. The van der Waals surface area contributed by atoms with Crippen molar-refractivity contribution in [3.8, 4) is 0 Å². The molecule has 3 aromatic heterocycles. The highest BCUT2D eigenvalue weighted by Crippen LogP contribution is 2.21. The van der Waals surface area contributed by atoms with E-state index < -0.39 is 0 Å². The van der Waals surface area contributed by atoms with Crippen LogP contribution in [0.25, 0.3) is 5.65 Å². The largest absolute Gasteiger partial charge is 0.354 e. The number of amides is 1. The molecule has 1 fully saturated rings. The number of anilines is 1. The average Bonchev–Trinajstić information content (AvgIpc) is 3.10. The monoisotopic (exact) mass is 336 g/mol. The molecule has 0 saturated carbocycles. The Labute approximate surface area is 145 Å². The lowest BCUT2D eigenvalue weighted by molar-refractivity contribution is 0.0932. The van der Waals surface area contributed by atoms with Crippen LogP contribution in [0.15, 0.2) is 42.9 Å². The number of pyridine rings is 1. The number of rotatable bonds is 3. The average molecular weight is 336 g/mol. The second-order valence-electron chi connectivity index (χ2n) is 6.36. The first-order valence-electron chi connectivity index (χ1n) is 8.48. The van der Waals surface area contributed by atoms with E-state index in [1.165, 1.54) is 0 Å². The second-order valence-corrected chi connectivity index (χ2v) is 6.36. The molecule has 128 valence electrons. The number of carbonyl (C=O) groups excluding carboxylic acids is 1. The summed E-state index contributed by atoms with van der Waals surface area (Å²) in [7, 11) is 0. The zero-order valence-corrected chi connectivity index (χ0v) is 14.1. The fourth-order valence-corrected chi connectivity index (χ4v) is 3.31. The fraction of sp³-hybridized carbons (Fsp3) is 0.333. The zero-order valence-electron chi connectivity index (χ0n) is 14.1. The summed E-state index contributed by atoms with van der Waals surface area (Å²) in [4.78, 5) is 23.2. The molecule has 25 heavy (non-hydrogen) atoms. The molecule has 1 atom stereocenters. The van der Waals surface area contributed by atoms with E-state index in [9.17, 15) is 4.79 Å². The molecule has 0 aliphatic carbocycles. The van der Waals surface area contributed by atoms with Crippen molar-refractivity contribution >= 4 is 17.4 Å². The van der Waals surface area contributed by atoms with E-state index in [1.54, 1.807) is 30.7 Å². The number of carbonyl (C=O) groups is 1. The van der Waals surface area contributed by atoms with Crippen LogP contribution in [0.3, 0.4) is 0 Å². The summed E-state index contributed by atoms with van der Waals surface area (Å²) in [6.45, 7) is 3.68. The van der Waals surface area contributed by atoms with Crippen molar-refractivity contribution in [1.82, 2.24) is 24.9 Å². The minimum absolute atomic E-state index is 0.0740. The molecule has 4 heterocycles. The van der Waals surface area contributed by atoms with Gasteiger partial charge in [0.2, 0.25) is 0 Å². The summed E-state index contributed by atoms with van der Waals surface area (Å²) in [6.07, 6.45) is 7.00. The van der Waals surface area contributed by atoms with Gasteiger partial charge in [-0.2, -0.15) is 9.61 Å². The lowest BCUT2D eigenvalue weighted by atomic mass is 10.1. The molecule has 1 amide bonds. The molecule has 3 aromatic rings. The Morgan fingerprint density at radius 1 is 1.32 bits per heavy atom. The SMILES string of the molecule is Cc1cc(N2CCCC(NC(=O)c3cccnc3)C2)n2nccc2n1. The van der Waals surface area contributed by atoms with Gasteiger partial charge in [-0.3, -0.25) is 9.78 Å². The number of hydrogen-bond donors (Lipinski definition) is 1. The maximum Gasteiger partial charge on any atom is 0.253 e. The lowest BCUT2D eigenvalue weighted by Gasteiger charge is -2.34. The number of fused-ring (bicyclic) bond motifs is 1. The number of hydrogen-bond acceptors (Lipinski definition) is 5.